The summed E-state index contributed by atoms with van der Waals surface area (Å²) in [5, 5.41) is 0. The number of aromatic nitrogens is 2. The van der Waals surface area contributed by atoms with Crippen LogP contribution >= 0.6 is 0 Å². The molecule has 0 bridgehead atoms. The Morgan fingerprint density at radius 2 is 1.38 bits per heavy atom. The van der Waals surface area contributed by atoms with Crippen molar-refractivity contribution in [1.29, 1.82) is 0 Å². The van der Waals surface area contributed by atoms with Crippen LogP contribution in [0, 0.1) is 5.92 Å². The molecule has 1 amide bonds. The van der Waals surface area contributed by atoms with Crippen LogP contribution in [0.5, 0.6) is 0 Å². The lowest BCUT2D eigenvalue weighted by Crippen LogP contribution is -2.44. The van der Waals surface area contributed by atoms with Gasteiger partial charge in [0.25, 0.3) is 5.91 Å². The zero-order valence-corrected chi connectivity index (χ0v) is 19.5. The Bertz CT molecular complexity index is 1180. The second-order valence-electron chi connectivity index (χ2n) is 8.99. The lowest BCUT2D eigenvalue weighted by atomic mass is 9.76. The molecule has 34 heavy (non-hydrogen) atoms. The number of nitrogens with zero attached hydrogens (tertiary/aromatic N) is 3. The molecule has 0 spiro atoms. The number of carbonyl (C=O) groups is 1. The molecule has 2 heterocycles. The molecule has 0 unspecified atom stereocenters. The fraction of sp³-hybridized carbons (Fsp3) is 0.200. The van der Waals surface area contributed by atoms with E-state index in [1.165, 1.54) is 5.57 Å². The van der Waals surface area contributed by atoms with Gasteiger partial charge >= 0.3 is 0 Å². The summed E-state index contributed by atoms with van der Waals surface area (Å²) in [4.78, 5) is 20.4. The van der Waals surface area contributed by atoms with Crippen LogP contribution in [0.1, 0.15) is 40.7 Å². The van der Waals surface area contributed by atoms with Crippen LogP contribution in [0.4, 0.5) is 0 Å². The molecular weight excluding hydrogens is 418 g/mol. The highest BCUT2D eigenvalue weighted by atomic mass is 16.2. The van der Waals surface area contributed by atoms with Crippen LogP contribution in [0.25, 0.3) is 0 Å². The second-order valence-corrected chi connectivity index (χ2v) is 8.99. The van der Waals surface area contributed by atoms with Gasteiger partial charge in [-0.15, -0.1) is 0 Å². The van der Waals surface area contributed by atoms with Gasteiger partial charge in [0.2, 0.25) is 0 Å². The highest BCUT2D eigenvalue weighted by molar-refractivity contribution is 5.91. The van der Waals surface area contributed by atoms with Crippen molar-refractivity contribution < 1.29 is 4.79 Å². The molecule has 1 saturated heterocycles. The third-order valence-corrected chi connectivity index (χ3v) is 6.95. The Kier molecular flexibility index (Phi) is 5.89. The van der Waals surface area contributed by atoms with E-state index in [-0.39, 0.29) is 11.8 Å². The van der Waals surface area contributed by atoms with Gasteiger partial charge in [0.05, 0.1) is 0 Å². The molecule has 1 aliphatic heterocycles. The van der Waals surface area contributed by atoms with Crippen molar-refractivity contribution in [3.8, 4) is 0 Å². The fourth-order valence-electron chi connectivity index (χ4n) is 5.09. The number of rotatable bonds is 5. The number of benzene rings is 3. The Morgan fingerprint density at radius 3 is 1.85 bits per heavy atom. The molecule has 1 atom stereocenters. The number of likely N-dealkylation sites (tertiary alicyclic amines) is 1. The standard InChI is InChI=1S/C30H29N3O/c1-23-18-20-32(22-24(23)2)29(34)28-31-19-21-33(28)30(25-12-6-3-7-13-25,26-14-8-4-9-15-26)27-16-10-5-11-17-27/h3-17,19,21,24H,1,18,20,22H2,2H3/t24-/m1/s1. The summed E-state index contributed by atoms with van der Waals surface area (Å²) in [6.45, 7) is 7.64. The van der Waals surface area contributed by atoms with Gasteiger partial charge in [0, 0.05) is 25.5 Å². The average Bonchev–Trinajstić information content (AvgIpc) is 3.38. The Balaban J connectivity index is 1.75. The summed E-state index contributed by atoms with van der Waals surface area (Å²) >= 11 is 0. The first-order chi connectivity index (χ1) is 16.6. The predicted molar refractivity (Wildman–Crippen MR) is 136 cm³/mol. The molecule has 4 aromatic rings. The van der Waals surface area contributed by atoms with Crippen molar-refractivity contribution in [2.75, 3.05) is 13.1 Å². The van der Waals surface area contributed by atoms with E-state index in [9.17, 15) is 4.79 Å². The van der Waals surface area contributed by atoms with E-state index in [0.29, 0.717) is 18.9 Å². The molecule has 1 aliphatic rings. The van der Waals surface area contributed by atoms with Crippen LogP contribution in [-0.2, 0) is 5.54 Å². The van der Waals surface area contributed by atoms with Crippen LogP contribution in [0.2, 0.25) is 0 Å². The number of imidazole rings is 1. The lowest BCUT2D eigenvalue weighted by molar-refractivity contribution is 0.0697. The zero-order valence-electron chi connectivity index (χ0n) is 19.5. The van der Waals surface area contributed by atoms with Gasteiger partial charge in [0.1, 0.15) is 5.54 Å². The number of hydrogen-bond donors (Lipinski definition) is 0. The molecule has 1 aromatic heterocycles. The molecule has 0 saturated carbocycles. The van der Waals surface area contributed by atoms with Gasteiger partial charge in [-0.3, -0.25) is 4.79 Å². The minimum absolute atomic E-state index is 0.0449. The molecular formula is C30H29N3O. The van der Waals surface area contributed by atoms with E-state index in [0.717, 1.165) is 23.1 Å². The van der Waals surface area contributed by atoms with E-state index < -0.39 is 5.54 Å². The van der Waals surface area contributed by atoms with Gasteiger partial charge in [-0.25, -0.2) is 4.98 Å². The van der Waals surface area contributed by atoms with Crippen molar-refractivity contribution in [2.24, 2.45) is 5.92 Å². The first-order valence-corrected chi connectivity index (χ1v) is 11.8. The highest BCUT2D eigenvalue weighted by Crippen LogP contribution is 2.41. The molecule has 0 aliphatic carbocycles. The molecule has 4 heteroatoms. The molecule has 170 valence electrons. The third kappa shape index (κ3) is 3.65. The minimum Gasteiger partial charge on any atom is -0.335 e. The summed E-state index contributed by atoms with van der Waals surface area (Å²) in [7, 11) is 0. The number of amides is 1. The van der Waals surface area contributed by atoms with Crippen LogP contribution < -0.4 is 0 Å². The van der Waals surface area contributed by atoms with E-state index in [1.807, 2.05) is 65.7 Å². The van der Waals surface area contributed by atoms with Crippen molar-refractivity contribution in [1.82, 2.24) is 14.5 Å². The second kappa shape index (κ2) is 9.14. The van der Waals surface area contributed by atoms with Gasteiger partial charge in [-0.2, -0.15) is 0 Å². The Hall–Kier alpha value is -3.92. The maximum Gasteiger partial charge on any atom is 0.289 e. The summed E-state index contributed by atoms with van der Waals surface area (Å²) in [6, 6.07) is 31.1. The summed E-state index contributed by atoms with van der Waals surface area (Å²) in [5.41, 5.74) is 3.66. The van der Waals surface area contributed by atoms with Crippen molar-refractivity contribution in [3.05, 3.63) is 138 Å². The molecule has 4 nitrogen and oxygen atoms in total. The van der Waals surface area contributed by atoms with Crippen LogP contribution in [0.15, 0.2) is 116 Å². The first-order valence-electron chi connectivity index (χ1n) is 11.8. The highest BCUT2D eigenvalue weighted by Gasteiger charge is 2.41. The minimum atomic E-state index is -0.754. The number of carbonyl (C=O) groups excluding carboxylic acids is 1. The Morgan fingerprint density at radius 1 is 0.882 bits per heavy atom. The molecule has 1 fully saturated rings. The van der Waals surface area contributed by atoms with E-state index >= 15 is 0 Å². The quantitative estimate of drug-likeness (QED) is 0.288. The Labute approximate surface area is 201 Å². The SMILES string of the molecule is C=C1CCN(C(=O)c2nccn2C(c2ccccc2)(c2ccccc2)c2ccccc2)C[C@H]1C. The summed E-state index contributed by atoms with van der Waals surface area (Å²) in [5.74, 6) is 0.677. The largest absolute Gasteiger partial charge is 0.335 e. The smallest absolute Gasteiger partial charge is 0.289 e. The van der Waals surface area contributed by atoms with Gasteiger partial charge in [-0.05, 0) is 29.0 Å². The van der Waals surface area contributed by atoms with Gasteiger partial charge < -0.3 is 9.47 Å². The van der Waals surface area contributed by atoms with Crippen molar-refractivity contribution >= 4 is 5.91 Å². The summed E-state index contributed by atoms with van der Waals surface area (Å²) in [6.07, 6.45) is 4.50. The zero-order chi connectivity index (χ0) is 23.5. The number of piperidine rings is 1. The maximum absolute atomic E-state index is 13.9. The topological polar surface area (TPSA) is 38.1 Å². The van der Waals surface area contributed by atoms with Gasteiger partial charge in [0.15, 0.2) is 5.82 Å². The van der Waals surface area contributed by atoms with Crippen LogP contribution in [0.3, 0.4) is 0 Å². The normalized spacial score (nSPS) is 16.4. The van der Waals surface area contributed by atoms with Crippen molar-refractivity contribution in [2.45, 2.75) is 18.9 Å². The lowest BCUT2D eigenvalue weighted by Gasteiger charge is -2.39. The molecule has 0 radical (unpaired) electrons. The average molecular weight is 448 g/mol. The van der Waals surface area contributed by atoms with Gasteiger partial charge in [-0.1, -0.05) is 110 Å². The number of hydrogen-bond acceptors (Lipinski definition) is 2. The summed E-state index contributed by atoms with van der Waals surface area (Å²) < 4.78 is 2.06. The fourth-order valence-corrected chi connectivity index (χ4v) is 5.09. The third-order valence-electron chi connectivity index (χ3n) is 6.95. The van der Waals surface area contributed by atoms with Crippen LogP contribution in [-0.4, -0.2) is 33.4 Å². The monoisotopic (exact) mass is 447 g/mol. The van der Waals surface area contributed by atoms with Crippen molar-refractivity contribution in [3.63, 3.8) is 0 Å². The van der Waals surface area contributed by atoms with E-state index in [2.05, 4.69) is 59.5 Å². The maximum atomic E-state index is 13.9. The molecule has 5 rings (SSSR count). The van der Waals surface area contributed by atoms with E-state index in [4.69, 9.17) is 0 Å². The van der Waals surface area contributed by atoms with E-state index in [1.54, 1.807) is 6.20 Å². The predicted octanol–water partition coefficient (Wildman–Crippen LogP) is 5.76. The first kappa shape index (κ1) is 21.9. The molecule has 3 aromatic carbocycles. The molecule has 0 N–H and O–H groups in total.